The van der Waals surface area contributed by atoms with Crippen molar-refractivity contribution in [3.63, 3.8) is 0 Å². The van der Waals surface area contributed by atoms with Crippen molar-refractivity contribution in [1.29, 1.82) is 5.41 Å². The number of hydrogen-bond acceptors (Lipinski definition) is 10. The van der Waals surface area contributed by atoms with Gasteiger partial charge in [0.1, 0.15) is 33.7 Å². The van der Waals surface area contributed by atoms with Crippen LogP contribution < -0.4 is 5.32 Å². The summed E-state index contributed by atoms with van der Waals surface area (Å²) < 4.78 is 0. The van der Waals surface area contributed by atoms with Gasteiger partial charge in [-0.25, -0.2) is 4.79 Å². The molecule has 1 aromatic rings. The maximum absolute atomic E-state index is 12.6. The number of carboxylic acid groups (broad SMARTS) is 1. The molecule has 28 heavy (non-hydrogen) atoms. The molecule has 0 aliphatic carbocycles. The summed E-state index contributed by atoms with van der Waals surface area (Å²) in [5.41, 5.74) is 3.37. The van der Waals surface area contributed by atoms with Crippen molar-refractivity contribution in [2.45, 2.75) is 23.9 Å². The van der Waals surface area contributed by atoms with Crippen LogP contribution in [-0.2, 0) is 14.4 Å². The first-order valence-corrected chi connectivity index (χ1v) is 10.5. The monoisotopic (exact) mass is 448 g/mol. The maximum atomic E-state index is 12.6. The van der Waals surface area contributed by atoms with E-state index in [1.54, 1.807) is 0 Å². The average molecular weight is 448 g/mol. The summed E-state index contributed by atoms with van der Waals surface area (Å²) in [6.45, 7) is 0. The topological polar surface area (TPSA) is 149 Å². The predicted octanol–water partition coefficient (Wildman–Crippen LogP) is -0.404. The number of amides is 2. The molecule has 0 aromatic carbocycles. The molecular weight excluding hydrogens is 435 g/mol. The number of aliphatic carboxylic acids is 1. The molecule has 1 fully saturated rings. The van der Waals surface area contributed by atoms with Gasteiger partial charge in [-0.2, -0.15) is 0 Å². The van der Waals surface area contributed by atoms with E-state index in [4.69, 9.17) is 5.41 Å². The number of aliphatic imine (C=N–C) groups is 1. The van der Waals surface area contributed by atoms with Gasteiger partial charge >= 0.3 is 35.5 Å². The van der Waals surface area contributed by atoms with E-state index in [1.807, 2.05) is 0 Å². The first-order chi connectivity index (χ1) is 13.0. The number of carbonyl (C=O) groups is 3. The Labute approximate surface area is 193 Å². The van der Waals surface area contributed by atoms with Gasteiger partial charge in [0.2, 0.25) is 5.91 Å². The fourth-order valence-corrected chi connectivity index (χ4v) is 5.61. The molecule has 3 atom stereocenters. The van der Waals surface area contributed by atoms with Gasteiger partial charge in [-0.15, -0.1) is 33.3 Å². The van der Waals surface area contributed by atoms with Crippen molar-refractivity contribution in [3.8, 4) is 0 Å². The average Bonchev–Trinajstić information content (AvgIpc) is 3.30. The molecule has 1 aromatic heterocycles. The second kappa shape index (κ2) is 8.63. The van der Waals surface area contributed by atoms with Crippen LogP contribution in [0.3, 0.4) is 0 Å². The molecule has 4 rings (SSSR count). The quantitative estimate of drug-likeness (QED) is 0.407. The minimum atomic E-state index is -1.21. The molecule has 0 spiro atoms. The van der Waals surface area contributed by atoms with Crippen LogP contribution in [0.15, 0.2) is 16.2 Å². The molecule has 3 aliphatic heterocycles. The van der Waals surface area contributed by atoms with Crippen molar-refractivity contribution < 1.29 is 19.5 Å². The van der Waals surface area contributed by atoms with E-state index in [0.29, 0.717) is 16.3 Å². The number of aromatic nitrogens is 2. The van der Waals surface area contributed by atoms with Gasteiger partial charge in [0.15, 0.2) is 0 Å². The van der Waals surface area contributed by atoms with Gasteiger partial charge in [-0.1, -0.05) is 11.8 Å². The van der Waals surface area contributed by atoms with E-state index in [-0.39, 0.29) is 46.7 Å². The van der Waals surface area contributed by atoms with Gasteiger partial charge in [-0.05, 0) is 0 Å². The zero-order valence-corrected chi connectivity index (χ0v) is 15.9. The van der Waals surface area contributed by atoms with E-state index in [2.05, 4.69) is 20.5 Å². The van der Waals surface area contributed by atoms with Crippen molar-refractivity contribution >= 4 is 98.4 Å². The van der Waals surface area contributed by atoms with Crippen LogP contribution in [0, 0.1) is 5.41 Å². The predicted molar refractivity (Wildman–Crippen MR) is 109 cm³/mol. The number of nitrogens with zero attached hydrogens (tertiary/aromatic N) is 4. The number of rotatable bonds is 5. The zero-order chi connectivity index (χ0) is 19.1. The fraction of sp³-hybridized carbons (Fsp3) is 0.357. The normalized spacial score (nSPS) is 25.9. The molecule has 0 saturated carbocycles. The van der Waals surface area contributed by atoms with E-state index >= 15 is 0 Å². The van der Waals surface area contributed by atoms with E-state index in [0.717, 1.165) is 11.8 Å². The standard InChI is InChI=1S/C14H12N6O4S3.Na.H/c15-10-6(16-3-26-10)1-7(21)18-8-12(22)20-9(14(23)24)5(2-25-13(8)20)11-19-17-4-27-11;;/h3-4,6,8,13,15H,1-2H2,(H,18,21)(H,23,24);;/t6?,8?,13-;;/m1../s1. The summed E-state index contributed by atoms with van der Waals surface area (Å²) in [5, 5.41) is 27.8. The van der Waals surface area contributed by atoms with Gasteiger partial charge in [0.05, 0.1) is 17.0 Å². The van der Waals surface area contributed by atoms with E-state index < -0.39 is 35.2 Å². The van der Waals surface area contributed by atoms with Gasteiger partial charge in [-0.3, -0.25) is 24.9 Å². The van der Waals surface area contributed by atoms with Crippen molar-refractivity contribution in [2.24, 2.45) is 4.99 Å². The molecule has 1 saturated heterocycles. The molecule has 0 bridgehead atoms. The molecule has 142 valence electrons. The summed E-state index contributed by atoms with van der Waals surface area (Å²) in [4.78, 5) is 41.8. The van der Waals surface area contributed by atoms with Crippen molar-refractivity contribution in [1.82, 2.24) is 20.4 Å². The minimum absolute atomic E-state index is 0. The molecule has 0 radical (unpaired) electrons. The summed E-state index contributed by atoms with van der Waals surface area (Å²) >= 11 is 3.74. The Morgan fingerprint density at radius 3 is 2.82 bits per heavy atom. The number of β-lactam (4-membered cyclic amide) rings is 1. The molecule has 3 aliphatic rings. The van der Waals surface area contributed by atoms with Crippen LogP contribution in [0.25, 0.3) is 5.57 Å². The molecule has 2 unspecified atom stereocenters. The number of carboxylic acids is 1. The second-order valence-electron chi connectivity index (χ2n) is 5.79. The molecule has 4 heterocycles. The fourth-order valence-electron chi connectivity index (χ4n) is 2.95. The van der Waals surface area contributed by atoms with Gasteiger partial charge in [0.25, 0.3) is 5.91 Å². The number of hydrogen-bond donors (Lipinski definition) is 3. The van der Waals surface area contributed by atoms with Crippen LogP contribution >= 0.6 is 34.9 Å². The van der Waals surface area contributed by atoms with Crippen LogP contribution in [0.2, 0.25) is 0 Å². The van der Waals surface area contributed by atoms with Crippen LogP contribution in [0.5, 0.6) is 0 Å². The number of thioether (sulfide) groups is 2. The summed E-state index contributed by atoms with van der Waals surface area (Å²) in [6, 6.07) is -1.31. The van der Waals surface area contributed by atoms with Crippen molar-refractivity contribution in [3.05, 3.63) is 16.2 Å². The van der Waals surface area contributed by atoms with Crippen LogP contribution in [0.4, 0.5) is 0 Å². The Kier molecular flexibility index (Phi) is 6.61. The Balaban J connectivity index is 0.00000225. The summed E-state index contributed by atoms with van der Waals surface area (Å²) in [6.07, 6.45) is -0.0127. The molecule has 10 nitrogen and oxygen atoms in total. The first kappa shape index (κ1) is 21.5. The van der Waals surface area contributed by atoms with E-state index in [1.165, 1.54) is 39.1 Å². The van der Waals surface area contributed by atoms with Gasteiger partial charge in [0, 0.05) is 11.3 Å². The third kappa shape index (κ3) is 3.78. The third-order valence-corrected chi connectivity index (χ3v) is 6.99. The molecule has 2 amide bonds. The number of nitrogens with one attached hydrogen (secondary N) is 2. The van der Waals surface area contributed by atoms with E-state index in [9.17, 15) is 19.5 Å². The number of carbonyl (C=O) groups excluding carboxylic acids is 2. The zero-order valence-electron chi connectivity index (χ0n) is 13.5. The Morgan fingerprint density at radius 1 is 1.43 bits per heavy atom. The molecule has 3 N–H and O–H groups in total. The molecule has 14 heteroatoms. The third-order valence-electron chi connectivity index (χ3n) is 4.21. The van der Waals surface area contributed by atoms with Crippen LogP contribution in [-0.4, -0.2) is 101 Å². The van der Waals surface area contributed by atoms with Gasteiger partial charge < -0.3 is 10.4 Å². The van der Waals surface area contributed by atoms with Crippen molar-refractivity contribution in [2.75, 3.05) is 5.75 Å². The SMILES string of the molecule is N=C1SC=NC1CC(=O)NC1C(=O)N2C(C(=O)O)=C(c3nncs3)CS[C@H]12.[NaH]. The second-order valence-corrected chi connectivity index (χ2v) is 8.61. The first-order valence-electron chi connectivity index (χ1n) is 7.71. The Morgan fingerprint density at radius 2 is 2.21 bits per heavy atom. The van der Waals surface area contributed by atoms with Crippen LogP contribution in [0.1, 0.15) is 11.4 Å². The molecular formula is C14H13N6NaO4S3. The summed E-state index contributed by atoms with van der Waals surface area (Å²) in [5.74, 6) is -1.72. The Bertz CT molecular complexity index is 905. The number of fused-ring (bicyclic) bond motifs is 1. The summed E-state index contributed by atoms with van der Waals surface area (Å²) in [7, 11) is 0. The Hall–Kier alpha value is -1.25.